The van der Waals surface area contributed by atoms with Gasteiger partial charge in [0.05, 0.1) is 0 Å². The molecule has 0 N–H and O–H groups in total. The molecule has 0 heterocycles. The summed E-state index contributed by atoms with van der Waals surface area (Å²) in [6.07, 6.45) is 0. The van der Waals surface area contributed by atoms with E-state index < -0.39 is 0 Å². The molecule has 1 nitrogen and oxygen atoms in total. The summed E-state index contributed by atoms with van der Waals surface area (Å²) in [5, 5.41) is 8.62. The van der Waals surface area contributed by atoms with Crippen LogP contribution in [0.15, 0.2) is 0 Å². The van der Waals surface area contributed by atoms with Crippen LogP contribution in [0.4, 0.5) is 0 Å². The van der Waals surface area contributed by atoms with E-state index in [4.69, 9.17) is 5.11 Å². The second-order valence-corrected chi connectivity index (χ2v) is 0.289. The predicted octanol–water partition coefficient (Wildman–Crippen LogP) is -3.69. The van der Waals surface area contributed by atoms with Crippen LogP contribution in [0.5, 0.6) is 0 Å². The Morgan fingerprint density at radius 2 is 1.75 bits per heavy atom. The van der Waals surface area contributed by atoms with Gasteiger partial charge in [-0.15, -0.1) is 12.2 Å². The second kappa shape index (κ2) is 8.82. The fourth-order valence-electron chi connectivity index (χ4n) is 0. The molecule has 0 rings (SSSR count). The van der Waals surface area contributed by atoms with Gasteiger partial charge < -0.3 is 5.11 Å². The zero-order valence-corrected chi connectivity index (χ0v) is 6.33. The smallest absolute Gasteiger partial charge is 0.870 e. The summed E-state index contributed by atoms with van der Waals surface area (Å²) in [6.45, 7) is 0. The van der Waals surface area contributed by atoms with E-state index in [0.717, 1.165) is 0 Å². The molecule has 0 aliphatic heterocycles. The Balaban J connectivity index is 0. The first-order chi connectivity index (χ1) is 1.41. The third kappa shape index (κ3) is 9.66. The first-order valence-electron chi connectivity index (χ1n) is 0.471. The fourth-order valence-corrected chi connectivity index (χ4v) is 0. The molecule has 0 aliphatic rings. The van der Waals surface area contributed by atoms with Crippen molar-refractivity contribution < 1.29 is 56.5 Å². The fraction of sp³-hybridized carbons (Fsp3) is 0. The molecular weight excluding hydrogens is 99.2 g/mol. The molecule has 0 atom stereocenters. The molecule has 0 bridgehead atoms. The summed E-state index contributed by atoms with van der Waals surface area (Å²) >= 11 is 3.71. The Bertz CT molecular complexity index is 15.5. The monoisotopic (exact) mass is 99.9 g/mol. The Morgan fingerprint density at radius 3 is 1.75 bits per heavy atom. The van der Waals surface area contributed by atoms with E-state index in [0.29, 0.717) is 5.55 Å². The molecule has 3 heteroatoms. The van der Waals surface area contributed by atoms with E-state index >= 15 is 0 Å². The van der Waals surface area contributed by atoms with Crippen LogP contribution in [0.2, 0.25) is 0 Å². The van der Waals surface area contributed by atoms with Crippen molar-refractivity contribution in [2.24, 2.45) is 0 Å². The third-order valence-corrected chi connectivity index (χ3v) is 0. The number of hydrogen-bond acceptors (Lipinski definition) is 2. The summed E-state index contributed by atoms with van der Waals surface area (Å²) in [7, 11) is 0. The average Bonchev–Trinajstić information content (AvgIpc) is 0.918. The van der Waals surface area contributed by atoms with Crippen molar-refractivity contribution in [1.29, 1.82) is 0 Å². The Labute approximate surface area is 72.8 Å². The normalized spacial score (nSPS) is 3.00. The van der Waals surface area contributed by atoms with E-state index in [2.05, 4.69) is 12.2 Å². The molecule has 4 heavy (non-hydrogen) atoms. The topological polar surface area (TPSA) is 23.1 Å². The van der Waals surface area contributed by atoms with Crippen LogP contribution in [0.3, 0.4) is 0 Å². The maximum absolute atomic E-state index is 8.62. The second-order valence-electron chi connectivity index (χ2n) is 0.0962. The van der Waals surface area contributed by atoms with Crippen LogP contribution in [0, 0.1) is 0 Å². The van der Waals surface area contributed by atoms with Crippen molar-refractivity contribution in [1.82, 2.24) is 0 Å². The van der Waals surface area contributed by atoms with Gasteiger partial charge in [-0.05, 0) is 0 Å². The Morgan fingerprint density at radius 1 is 1.75 bits per heavy atom. The summed E-state index contributed by atoms with van der Waals surface area (Å²) in [4.78, 5) is 0. The summed E-state index contributed by atoms with van der Waals surface area (Å²) in [6, 6.07) is 0. The van der Waals surface area contributed by atoms with Gasteiger partial charge in [0, 0.05) is 0 Å². The van der Waals surface area contributed by atoms with Crippen LogP contribution in [0.1, 0.15) is 0 Å². The van der Waals surface area contributed by atoms with Crippen molar-refractivity contribution in [3.63, 3.8) is 0 Å². The van der Waals surface area contributed by atoms with Gasteiger partial charge in [0.2, 0.25) is 0 Å². The standard InChI is InChI=1S/CH2OS.K/c2-1-3;/h1H,(H,2,3);/q;+1/p-1. The van der Waals surface area contributed by atoms with Gasteiger partial charge in [0.15, 0.2) is 0 Å². The third-order valence-electron chi connectivity index (χ3n) is 0. The molecule has 0 spiro atoms. The number of rotatable bonds is 0. The molecule has 0 saturated carbocycles. The maximum Gasteiger partial charge on any atom is 1.00 e. The molecule has 0 saturated heterocycles. The summed E-state index contributed by atoms with van der Waals surface area (Å²) in [5.74, 6) is 0. The molecule has 0 aromatic carbocycles. The molecule has 0 aromatic rings. The summed E-state index contributed by atoms with van der Waals surface area (Å²) < 4.78 is 0. The van der Waals surface area contributed by atoms with Gasteiger partial charge in [0.25, 0.3) is 0 Å². The zero-order chi connectivity index (χ0) is 2.71. The van der Waals surface area contributed by atoms with Gasteiger partial charge >= 0.3 is 51.4 Å². The minimum absolute atomic E-state index is 0. The van der Waals surface area contributed by atoms with Crippen molar-refractivity contribution in [2.75, 3.05) is 0 Å². The Kier molecular flexibility index (Phi) is 20.1. The first-order valence-corrected chi connectivity index (χ1v) is 0.943. The molecule has 0 amide bonds. The van der Waals surface area contributed by atoms with E-state index in [1.54, 1.807) is 0 Å². The first kappa shape index (κ1) is 9.11. The van der Waals surface area contributed by atoms with Crippen molar-refractivity contribution >= 4 is 17.8 Å². The molecular formula is CHKOS. The molecule has 0 radical (unpaired) electrons. The van der Waals surface area contributed by atoms with Crippen LogP contribution in [0.25, 0.3) is 0 Å². The maximum atomic E-state index is 8.62. The van der Waals surface area contributed by atoms with Gasteiger partial charge in [0.1, 0.15) is 0 Å². The van der Waals surface area contributed by atoms with Gasteiger partial charge in [-0.2, -0.15) is 0 Å². The van der Waals surface area contributed by atoms with Gasteiger partial charge in [-0.1, -0.05) is 5.55 Å². The van der Waals surface area contributed by atoms with Crippen LogP contribution >= 0.6 is 12.2 Å². The molecule has 0 unspecified atom stereocenters. The van der Waals surface area contributed by atoms with E-state index in [-0.39, 0.29) is 51.4 Å². The zero-order valence-electron chi connectivity index (χ0n) is 2.39. The predicted molar refractivity (Wildman–Crippen MR) is 13.7 cm³/mol. The molecule has 18 valence electrons. The minimum Gasteiger partial charge on any atom is -0.870 e. The molecule has 0 aliphatic carbocycles. The van der Waals surface area contributed by atoms with Gasteiger partial charge in [-0.25, -0.2) is 0 Å². The van der Waals surface area contributed by atoms with Crippen LogP contribution in [-0.4, -0.2) is 5.55 Å². The summed E-state index contributed by atoms with van der Waals surface area (Å²) in [5.41, 5.74) is 0.333. The van der Waals surface area contributed by atoms with E-state index in [1.807, 2.05) is 0 Å². The largest absolute Gasteiger partial charge is 1.00 e. The molecule has 0 aromatic heterocycles. The van der Waals surface area contributed by atoms with Crippen molar-refractivity contribution in [3.8, 4) is 0 Å². The number of thiocarbonyl (C=S) groups is 1. The average molecular weight is 100 g/mol. The number of hydrogen-bond donors (Lipinski definition) is 0. The van der Waals surface area contributed by atoms with Crippen molar-refractivity contribution in [2.45, 2.75) is 0 Å². The molecule has 0 fully saturated rings. The van der Waals surface area contributed by atoms with Crippen LogP contribution < -0.4 is 56.5 Å². The SMILES string of the molecule is [K+].[O-]C=S. The van der Waals surface area contributed by atoms with Gasteiger partial charge in [-0.3, -0.25) is 0 Å². The quantitative estimate of drug-likeness (QED) is 0.231. The van der Waals surface area contributed by atoms with E-state index in [1.165, 1.54) is 0 Å². The van der Waals surface area contributed by atoms with E-state index in [9.17, 15) is 0 Å². The minimum atomic E-state index is 0. The van der Waals surface area contributed by atoms with Crippen molar-refractivity contribution in [3.05, 3.63) is 0 Å². The Hall–Kier alpha value is 1.53. The van der Waals surface area contributed by atoms with Crippen LogP contribution in [-0.2, 0) is 0 Å².